The Morgan fingerprint density at radius 2 is 1.51 bits per heavy atom. The zero-order valence-corrected chi connectivity index (χ0v) is 27.3. The molecule has 1 aliphatic rings. The van der Waals surface area contributed by atoms with Crippen LogP contribution in [0.15, 0.2) is 126 Å². The molecule has 0 radical (unpaired) electrons. The predicted octanol–water partition coefficient (Wildman–Crippen LogP) is 9.83. The summed E-state index contributed by atoms with van der Waals surface area (Å²) in [4.78, 5) is 20.2. The van der Waals surface area contributed by atoms with E-state index in [0.717, 1.165) is 81.3 Å². The van der Waals surface area contributed by atoms with Crippen molar-refractivity contribution < 1.29 is 9.53 Å². The molecule has 0 bridgehead atoms. The van der Waals surface area contributed by atoms with Crippen molar-refractivity contribution in [2.45, 2.75) is 39.2 Å². The summed E-state index contributed by atoms with van der Waals surface area (Å²) >= 11 is 1.66. The molecular weight excluding hydrogens is 599 g/mol. The third-order valence-corrected chi connectivity index (χ3v) is 9.75. The number of amides is 1. The predicted molar refractivity (Wildman–Crippen MR) is 194 cm³/mol. The van der Waals surface area contributed by atoms with E-state index in [1.807, 2.05) is 67.7 Å². The molecule has 2 heterocycles. The Balaban J connectivity index is 1.35. The number of fused-ring (bicyclic) bond motifs is 1. The van der Waals surface area contributed by atoms with Gasteiger partial charge in [0.05, 0.1) is 23.6 Å². The van der Waals surface area contributed by atoms with Gasteiger partial charge in [-0.15, -0.1) is 11.3 Å². The molecule has 0 fully saturated rings. The number of benzene rings is 4. The van der Waals surface area contributed by atoms with Gasteiger partial charge in [0.25, 0.3) is 5.91 Å². The van der Waals surface area contributed by atoms with Gasteiger partial charge in [-0.3, -0.25) is 4.79 Å². The van der Waals surface area contributed by atoms with Crippen molar-refractivity contribution in [2.75, 3.05) is 6.61 Å². The average molecular weight is 636 g/mol. The van der Waals surface area contributed by atoms with E-state index in [1.54, 1.807) is 11.3 Å². The molecule has 0 unspecified atom stereocenters. The number of hydrogen-bond acceptors (Lipinski definition) is 4. The number of ether oxygens (including phenoxy) is 1. The van der Waals surface area contributed by atoms with E-state index < -0.39 is 0 Å². The van der Waals surface area contributed by atoms with Crippen molar-refractivity contribution in [3.63, 3.8) is 0 Å². The molecule has 0 aliphatic heterocycles. The lowest BCUT2D eigenvalue weighted by Gasteiger charge is -2.15. The van der Waals surface area contributed by atoms with E-state index in [1.165, 1.54) is 10.4 Å². The van der Waals surface area contributed by atoms with E-state index in [2.05, 4.69) is 76.6 Å². The Bertz CT molecular complexity index is 1990. The largest absolute Gasteiger partial charge is 0.494 e. The van der Waals surface area contributed by atoms with Crippen molar-refractivity contribution >= 4 is 28.5 Å². The zero-order chi connectivity index (χ0) is 32.0. The Morgan fingerprint density at radius 3 is 2.21 bits per heavy atom. The standard InChI is InChI=1S/C41H37N3O2S/c1-2-46-34-24-22-33(23-25-34)44-36(30-16-8-4-9-17-30)26-32(39(44)31-18-10-5-11-19-31)28-43-41-38(35-20-12-13-21-37(35)47-41)40(45)42-27-29-14-6-3-7-15-29/h3-11,14-19,22-26,28H,2,12-13,20-21,27H2,1H3,(H,42,45). The van der Waals surface area contributed by atoms with Gasteiger partial charge < -0.3 is 14.6 Å². The highest BCUT2D eigenvalue weighted by atomic mass is 32.1. The van der Waals surface area contributed by atoms with Crippen molar-refractivity contribution in [1.82, 2.24) is 9.88 Å². The number of thiophene rings is 1. The van der Waals surface area contributed by atoms with Gasteiger partial charge in [-0.25, -0.2) is 4.99 Å². The quantitative estimate of drug-likeness (QED) is 0.152. The highest BCUT2D eigenvalue weighted by Crippen LogP contribution is 2.41. The van der Waals surface area contributed by atoms with Gasteiger partial charge in [0.15, 0.2) is 0 Å². The summed E-state index contributed by atoms with van der Waals surface area (Å²) in [5.41, 5.74) is 9.25. The van der Waals surface area contributed by atoms with E-state index >= 15 is 0 Å². The molecule has 234 valence electrons. The van der Waals surface area contributed by atoms with E-state index in [0.29, 0.717) is 13.2 Å². The molecule has 1 aliphatic carbocycles. The molecule has 47 heavy (non-hydrogen) atoms. The third-order valence-electron chi connectivity index (χ3n) is 8.55. The van der Waals surface area contributed by atoms with E-state index in [9.17, 15) is 4.79 Å². The molecular formula is C41H37N3O2S. The molecule has 0 saturated heterocycles. The minimum absolute atomic E-state index is 0.0550. The van der Waals surface area contributed by atoms with Gasteiger partial charge in [-0.1, -0.05) is 91.0 Å². The first-order chi connectivity index (χ1) is 23.2. The Hall–Kier alpha value is -5.20. The summed E-state index contributed by atoms with van der Waals surface area (Å²) in [6.45, 7) is 3.10. The number of aromatic nitrogens is 1. The van der Waals surface area contributed by atoms with Crippen LogP contribution in [0.25, 0.3) is 28.2 Å². The minimum Gasteiger partial charge on any atom is -0.494 e. The number of nitrogens with zero attached hydrogens (tertiary/aromatic N) is 2. The topological polar surface area (TPSA) is 55.6 Å². The maximum Gasteiger partial charge on any atom is 0.254 e. The number of carbonyl (C=O) groups is 1. The molecule has 6 aromatic rings. The number of carbonyl (C=O) groups excluding carboxylic acids is 1. The normalized spacial score (nSPS) is 12.6. The van der Waals surface area contributed by atoms with Crippen LogP contribution in [0.1, 0.15) is 51.7 Å². The van der Waals surface area contributed by atoms with Gasteiger partial charge >= 0.3 is 0 Å². The fourth-order valence-corrected chi connectivity index (χ4v) is 7.57. The summed E-state index contributed by atoms with van der Waals surface area (Å²) in [6.07, 6.45) is 6.10. The number of aryl methyl sites for hydroxylation is 1. The van der Waals surface area contributed by atoms with Crippen LogP contribution in [0.3, 0.4) is 0 Å². The van der Waals surface area contributed by atoms with E-state index in [-0.39, 0.29) is 5.91 Å². The second-order valence-electron chi connectivity index (χ2n) is 11.6. The highest BCUT2D eigenvalue weighted by Gasteiger charge is 2.26. The first-order valence-electron chi connectivity index (χ1n) is 16.3. The number of rotatable bonds is 10. The van der Waals surface area contributed by atoms with Gasteiger partial charge in [-0.2, -0.15) is 0 Å². The van der Waals surface area contributed by atoms with Crippen LogP contribution >= 0.6 is 11.3 Å². The number of nitrogens with one attached hydrogen (secondary N) is 1. The fraction of sp³-hybridized carbons (Fsp3) is 0.171. The van der Waals surface area contributed by atoms with Crippen LogP contribution in [0.2, 0.25) is 0 Å². The monoisotopic (exact) mass is 635 g/mol. The van der Waals surface area contributed by atoms with Crippen LogP contribution < -0.4 is 10.1 Å². The molecule has 1 N–H and O–H groups in total. The van der Waals surface area contributed by atoms with E-state index in [4.69, 9.17) is 9.73 Å². The zero-order valence-electron chi connectivity index (χ0n) is 26.5. The van der Waals surface area contributed by atoms with Crippen LogP contribution in [0, 0.1) is 0 Å². The van der Waals surface area contributed by atoms with Gasteiger partial charge in [-0.05, 0) is 85.2 Å². The summed E-state index contributed by atoms with van der Waals surface area (Å²) < 4.78 is 8.06. The SMILES string of the molecule is CCOc1ccc(-n2c(-c3ccccc3)cc(C=Nc3sc4c(c3C(=O)NCc3ccccc3)CCCC4)c2-c2ccccc2)cc1. The van der Waals surface area contributed by atoms with Crippen molar-refractivity contribution in [2.24, 2.45) is 4.99 Å². The summed E-state index contributed by atoms with van der Waals surface area (Å²) in [6, 6.07) is 41.4. The van der Waals surface area contributed by atoms with Gasteiger partial charge in [0, 0.05) is 28.9 Å². The summed E-state index contributed by atoms with van der Waals surface area (Å²) in [5, 5.41) is 3.95. The highest BCUT2D eigenvalue weighted by molar-refractivity contribution is 7.16. The lowest BCUT2D eigenvalue weighted by atomic mass is 9.95. The molecule has 0 spiro atoms. The lowest BCUT2D eigenvalue weighted by molar-refractivity contribution is 0.0951. The smallest absolute Gasteiger partial charge is 0.254 e. The second-order valence-corrected chi connectivity index (χ2v) is 12.7. The van der Waals surface area contributed by atoms with Crippen LogP contribution in [-0.4, -0.2) is 23.3 Å². The van der Waals surface area contributed by atoms with Gasteiger partial charge in [0.2, 0.25) is 0 Å². The summed E-state index contributed by atoms with van der Waals surface area (Å²) in [5.74, 6) is 0.785. The number of hydrogen-bond donors (Lipinski definition) is 1. The second kappa shape index (κ2) is 14.1. The molecule has 0 saturated carbocycles. The first-order valence-corrected chi connectivity index (χ1v) is 17.1. The van der Waals surface area contributed by atoms with Crippen molar-refractivity contribution in [3.8, 4) is 34.0 Å². The lowest BCUT2D eigenvalue weighted by Crippen LogP contribution is -2.24. The van der Waals surface area contributed by atoms with Crippen molar-refractivity contribution in [3.05, 3.63) is 148 Å². The molecule has 6 heteroatoms. The molecule has 2 aromatic heterocycles. The Labute approximate surface area is 280 Å². The Morgan fingerprint density at radius 1 is 0.851 bits per heavy atom. The van der Waals surface area contributed by atoms with Crippen LogP contribution in [0.5, 0.6) is 5.75 Å². The molecule has 7 rings (SSSR count). The Kier molecular flexibility index (Phi) is 9.11. The molecule has 4 aromatic carbocycles. The first kappa shape index (κ1) is 30.5. The maximum atomic E-state index is 13.8. The van der Waals surface area contributed by atoms with Crippen LogP contribution in [-0.2, 0) is 19.4 Å². The molecule has 5 nitrogen and oxygen atoms in total. The average Bonchev–Trinajstić information content (AvgIpc) is 3.70. The maximum absolute atomic E-state index is 13.8. The molecule has 0 atom stereocenters. The van der Waals surface area contributed by atoms with Gasteiger partial charge in [0.1, 0.15) is 10.8 Å². The fourth-order valence-electron chi connectivity index (χ4n) is 6.34. The van der Waals surface area contributed by atoms with Crippen LogP contribution in [0.4, 0.5) is 5.00 Å². The minimum atomic E-state index is -0.0550. The van der Waals surface area contributed by atoms with Crippen molar-refractivity contribution in [1.29, 1.82) is 0 Å². The molecule has 1 amide bonds. The summed E-state index contributed by atoms with van der Waals surface area (Å²) in [7, 11) is 0. The third kappa shape index (κ3) is 6.56. The number of aliphatic imine (C=N–C) groups is 1.